The monoisotopic (exact) mass is 274 g/mol. The predicted octanol–water partition coefficient (Wildman–Crippen LogP) is 1.73. The first-order chi connectivity index (χ1) is 9.16. The third-order valence-corrected chi connectivity index (χ3v) is 2.52. The lowest BCUT2D eigenvalue weighted by Crippen LogP contribution is -2.17. The summed E-state index contributed by atoms with van der Waals surface area (Å²) in [4.78, 5) is 0. The van der Waals surface area contributed by atoms with Crippen LogP contribution >= 0.6 is 0 Å². The first kappa shape index (κ1) is 13.7. The molecule has 0 saturated carbocycles. The topological polar surface area (TPSA) is 65.7 Å². The molecule has 1 aliphatic rings. The molecule has 106 valence electrons. The molecule has 0 aromatic heterocycles. The molecule has 0 spiro atoms. The lowest BCUT2D eigenvalue weighted by atomic mass is 10.2. The Bertz CT molecular complexity index is 430. The number of anilines is 2. The van der Waals surface area contributed by atoms with Crippen molar-refractivity contribution in [2.24, 2.45) is 0 Å². The highest BCUT2D eigenvalue weighted by Gasteiger charge is 2.14. The Morgan fingerprint density at radius 3 is 2.63 bits per heavy atom. The first-order valence-electron chi connectivity index (χ1n) is 5.95. The van der Waals surface area contributed by atoms with Gasteiger partial charge in [0.25, 0.3) is 6.43 Å². The van der Waals surface area contributed by atoms with Crippen molar-refractivity contribution in [2.45, 2.75) is 6.43 Å². The molecule has 1 aromatic rings. The quantitative estimate of drug-likeness (QED) is 0.611. The number of rotatable bonds is 6. The molecule has 0 atom stereocenters. The Labute approximate surface area is 109 Å². The summed E-state index contributed by atoms with van der Waals surface area (Å²) in [6.07, 6.45) is -2.45. The number of halogens is 2. The van der Waals surface area contributed by atoms with E-state index in [4.69, 9.17) is 19.9 Å². The molecule has 1 aromatic carbocycles. The summed E-state index contributed by atoms with van der Waals surface area (Å²) in [6, 6.07) is 3.41. The smallest absolute Gasteiger partial charge is 0.261 e. The molecule has 0 amide bonds. The minimum Gasteiger partial charge on any atom is -0.486 e. The van der Waals surface area contributed by atoms with Gasteiger partial charge in [-0.25, -0.2) is 8.78 Å². The molecular formula is C12H16F2N2O3. The average molecular weight is 274 g/mol. The summed E-state index contributed by atoms with van der Waals surface area (Å²) in [5, 5.41) is 3.01. The maximum Gasteiger partial charge on any atom is 0.261 e. The highest BCUT2D eigenvalue weighted by molar-refractivity contribution is 5.72. The van der Waals surface area contributed by atoms with Gasteiger partial charge in [0.05, 0.1) is 18.0 Å². The molecule has 0 unspecified atom stereocenters. The minimum absolute atomic E-state index is 0.179. The van der Waals surface area contributed by atoms with Gasteiger partial charge in [-0.3, -0.25) is 0 Å². The summed E-state index contributed by atoms with van der Waals surface area (Å²) >= 11 is 0. The van der Waals surface area contributed by atoms with Gasteiger partial charge in [-0.05, 0) is 0 Å². The molecule has 0 fully saturated rings. The lowest BCUT2D eigenvalue weighted by Gasteiger charge is -2.20. The number of nitrogens with two attached hydrogens (primary N) is 1. The third kappa shape index (κ3) is 3.85. The fourth-order valence-corrected chi connectivity index (χ4v) is 1.69. The Morgan fingerprint density at radius 2 is 1.95 bits per heavy atom. The normalized spacial score (nSPS) is 13.6. The van der Waals surface area contributed by atoms with Gasteiger partial charge in [0.2, 0.25) is 0 Å². The van der Waals surface area contributed by atoms with Gasteiger partial charge in [-0.2, -0.15) is 0 Å². The second kappa shape index (κ2) is 6.42. The van der Waals surface area contributed by atoms with Gasteiger partial charge in [0.15, 0.2) is 11.5 Å². The molecule has 7 heteroatoms. The van der Waals surface area contributed by atoms with Gasteiger partial charge in [0, 0.05) is 18.7 Å². The molecule has 0 radical (unpaired) electrons. The minimum atomic E-state index is -2.45. The maximum absolute atomic E-state index is 11.8. The Hall–Kier alpha value is -1.76. The summed E-state index contributed by atoms with van der Waals surface area (Å²) in [5.74, 6) is 1.24. The average Bonchev–Trinajstić information content (AvgIpc) is 2.38. The van der Waals surface area contributed by atoms with Crippen molar-refractivity contribution in [2.75, 3.05) is 44.0 Å². The second-order valence-corrected chi connectivity index (χ2v) is 3.98. The van der Waals surface area contributed by atoms with E-state index in [9.17, 15) is 8.78 Å². The van der Waals surface area contributed by atoms with E-state index >= 15 is 0 Å². The van der Waals surface area contributed by atoms with Gasteiger partial charge in [-0.15, -0.1) is 0 Å². The van der Waals surface area contributed by atoms with Crippen molar-refractivity contribution in [3.63, 3.8) is 0 Å². The molecule has 0 aliphatic carbocycles. The number of nitrogens with one attached hydrogen (secondary N) is 1. The Balaban J connectivity index is 1.86. The van der Waals surface area contributed by atoms with Gasteiger partial charge in [-0.1, -0.05) is 0 Å². The van der Waals surface area contributed by atoms with Gasteiger partial charge < -0.3 is 25.3 Å². The summed E-state index contributed by atoms with van der Waals surface area (Å²) in [7, 11) is 0. The van der Waals surface area contributed by atoms with Crippen molar-refractivity contribution >= 4 is 11.4 Å². The SMILES string of the molecule is Nc1cc2c(cc1NCCOCC(F)F)OCCO2. The molecule has 0 saturated heterocycles. The number of hydrogen-bond acceptors (Lipinski definition) is 5. The molecule has 2 rings (SSSR count). The van der Waals surface area contributed by atoms with E-state index in [2.05, 4.69) is 5.32 Å². The zero-order valence-electron chi connectivity index (χ0n) is 10.3. The molecule has 5 nitrogen and oxygen atoms in total. The number of benzene rings is 1. The van der Waals surface area contributed by atoms with Crippen LogP contribution in [0, 0.1) is 0 Å². The fraction of sp³-hybridized carbons (Fsp3) is 0.500. The highest BCUT2D eigenvalue weighted by Crippen LogP contribution is 2.36. The predicted molar refractivity (Wildman–Crippen MR) is 67.2 cm³/mol. The van der Waals surface area contributed by atoms with Crippen LogP contribution in [0.15, 0.2) is 12.1 Å². The van der Waals surface area contributed by atoms with E-state index in [1.54, 1.807) is 12.1 Å². The van der Waals surface area contributed by atoms with E-state index < -0.39 is 13.0 Å². The molecule has 19 heavy (non-hydrogen) atoms. The van der Waals surface area contributed by atoms with Crippen LogP contribution in [0.1, 0.15) is 0 Å². The largest absolute Gasteiger partial charge is 0.486 e. The molecule has 1 aliphatic heterocycles. The van der Waals surface area contributed by atoms with Crippen molar-refractivity contribution in [3.05, 3.63) is 12.1 Å². The van der Waals surface area contributed by atoms with Crippen molar-refractivity contribution < 1.29 is 23.0 Å². The Kier molecular flexibility index (Phi) is 4.62. The summed E-state index contributed by atoms with van der Waals surface area (Å²) < 4.78 is 39.3. The highest BCUT2D eigenvalue weighted by atomic mass is 19.3. The molecular weight excluding hydrogens is 258 g/mol. The molecule has 3 N–H and O–H groups in total. The van der Waals surface area contributed by atoms with Crippen molar-refractivity contribution in [1.29, 1.82) is 0 Å². The van der Waals surface area contributed by atoms with Crippen LogP contribution in [0.5, 0.6) is 11.5 Å². The summed E-state index contributed by atoms with van der Waals surface area (Å²) in [6.45, 7) is 1.00. The van der Waals surface area contributed by atoms with Crippen LogP contribution in [-0.4, -0.2) is 39.4 Å². The van der Waals surface area contributed by atoms with Crippen LogP contribution in [-0.2, 0) is 4.74 Å². The zero-order valence-corrected chi connectivity index (χ0v) is 10.3. The van der Waals surface area contributed by atoms with Crippen LogP contribution in [0.25, 0.3) is 0 Å². The van der Waals surface area contributed by atoms with E-state index in [1.807, 2.05) is 0 Å². The standard InChI is InChI=1S/C12H16F2N2O3/c13-12(14)7-17-2-1-16-9-6-11-10(5-8(9)15)18-3-4-19-11/h5-6,12,16H,1-4,7,15H2. The lowest BCUT2D eigenvalue weighted by molar-refractivity contribution is 0.0215. The number of alkyl halides is 2. The van der Waals surface area contributed by atoms with Crippen molar-refractivity contribution in [3.8, 4) is 11.5 Å². The number of ether oxygens (including phenoxy) is 3. The van der Waals surface area contributed by atoms with E-state index in [0.717, 1.165) is 0 Å². The maximum atomic E-state index is 11.8. The first-order valence-corrected chi connectivity index (χ1v) is 5.95. The van der Waals surface area contributed by atoms with Crippen LogP contribution in [0.2, 0.25) is 0 Å². The molecule has 0 bridgehead atoms. The Morgan fingerprint density at radius 1 is 1.26 bits per heavy atom. The third-order valence-electron chi connectivity index (χ3n) is 2.52. The van der Waals surface area contributed by atoms with E-state index in [0.29, 0.717) is 42.6 Å². The van der Waals surface area contributed by atoms with Gasteiger partial charge >= 0.3 is 0 Å². The number of fused-ring (bicyclic) bond motifs is 1. The number of nitrogen functional groups attached to an aromatic ring is 1. The zero-order chi connectivity index (χ0) is 13.7. The van der Waals surface area contributed by atoms with Gasteiger partial charge in [0.1, 0.15) is 19.8 Å². The second-order valence-electron chi connectivity index (χ2n) is 3.98. The van der Waals surface area contributed by atoms with Crippen LogP contribution < -0.4 is 20.5 Å². The fourth-order valence-electron chi connectivity index (χ4n) is 1.69. The van der Waals surface area contributed by atoms with E-state index in [-0.39, 0.29) is 6.61 Å². The van der Waals surface area contributed by atoms with Crippen LogP contribution in [0.3, 0.4) is 0 Å². The number of hydrogen-bond donors (Lipinski definition) is 2. The van der Waals surface area contributed by atoms with Crippen LogP contribution in [0.4, 0.5) is 20.2 Å². The van der Waals surface area contributed by atoms with E-state index in [1.165, 1.54) is 0 Å². The molecule has 1 heterocycles. The summed E-state index contributed by atoms with van der Waals surface area (Å²) in [5.41, 5.74) is 7.03. The van der Waals surface area contributed by atoms with Crippen molar-refractivity contribution in [1.82, 2.24) is 0 Å².